The van der Waals surface area contributed by atoms with E-state index in [-0.39, 0.29) is 6.61 Å². The number of methoxy groups -OCH3 is 1. The molecule has 1 amide bonds. The number of alkyl carbamates (subject to hydrolysis) is 1. The van der Waals surface area contributed by atoms with Gasteiger partial charge in [0.15, 0.2) is 6.04 Å². The fraction of sp³-hybridized carbons (Fsp3) is 0.579. The zero-order valence-electron chi connectivity index (χ0n) is 15.3. The van der Waals surface area contributed by atoms with Crippen molar-refractivity contribution < 1.29 is 28.5 Å². The average molecular weight is 365 g/mol. The molecule has 7 heteroatoms. The van der Waals surface area contributed by atoms with Crippen LogP contribution in [0, 0.1) is 5.92 Å². The molecule has 0 saturated carbocycles. The van der Waals surface area contributed by atoms with Gasteiger partial charge in [-0.15, -0.1) is 0 Å². The molecule has 1 aromatic rings. The van der Waals surface area contributed by atoms with E-state index in [1.54, 1.807) is 6.92 Å². The number of hydrogen-bond acceptors (Lipinski definition) is 6. The molecule has 0 aromatic heterocycles. The van der Waals surface area contributed by atoms with E-state index < -0.39 is 24.2 Å². The molecule has 1 heterocycles. The monoisotopic (exact) mass is 365 g/mol. The lowest BCUT2D eigenvalue weighted by atomic mass is 10.0. The number of nitrogens with one attached hydrogen (secondary N) is 1. The summed E-state index contributed by atoms with van der Waals surface area (Å²) in [5.74, 6) is -0.171. The van der Waals surface area contributed by atoms with Crippen LogP contribution in [-0.2, 0) is 30.3 Å². The van der Waals surface area contributed by atoms with Crippen molar-refractivity contribution in [2.75, 3.05) is 26.9 Å². The highest BCUT2D eigenvalue weighted by Gasteiger charge is 2.30. The normalized spacial score (nSPS) is 17.2. The molecule has 144 valence electrons. The first kappa shape index (κ1) is 20.2. The van der Waals surface area contributed by atoms with Crippen LogP contribution in [0.3, 0.4) is 0 Å². The van der Waals surface area contributed by atoms with Crippen molar-refractivity contribution in [3.63, 3.8) is 0 Å². The van der Waals surface area contributed by atoms with Gasteiger partial charge in [0.2, 0.25) is 0 Å². The molecule has 0 spiro atoms. The van der Waals surface area contributed by atoms with E-state index >= 15 is 0 Å². The zero-order valence-corrected chi connectivity index (χ0v) is 15.3. The van der Waals surface area contributed by atoms with E-state index in [1.807, 2.05) is 30.3 Å². The van der Waals surface area contributed by atoms with E-state index in [0.29, 0.717) is 12.5 Å². The Bertz CT molecular complexity index is 558. The Labute approximate surface area is 153 Å². The number of benzene rings is 1. The largest absolute Gasteiger partial charge is 0.467 e. The Morgan fingerprint density at radius 3 is 2.58 bits per heavy atom. The molecule has 1 saturated heterocycles. The Morgan fingerprint density at radius 1 is 1.23 bits per heavy atom. The van der Waals surface area contributed by atoms with Crippen LogP contribution in [0.25, 0.3) is 0 Å². The van der Waals surface area contributed by atoms with Crippen LogP contribution >= 0.6 is 0 Å². The molecule has 1 fully saturated rings. The third-order valence-corrected chi connectivity index (χ3v) is 4.35. The van der Waals surface area contributed by atoms with Crippen molar-refractivity contribution in [2.45, 2.75) is 38.5 Å². The molecule has 0 radical (unpaired) electrons. The molecule has 1 aliphatic heterocycles. The van der Waals surface area contributed by atoms with E-state index in [1.165, 1.54) is 7.11 Å². The number of amides is 1. The molecule has 2 rings (SSSR count). The first-order valence-corrected chi connectivity index (χ1v) is 8.84. The number of carbonyl (C=O) groups is 2. The smallest absolute Gasteiger partial charge is 0.408 e. The van der Waals surface area contributed by atoms with Crippen molar-refractivity contribution >= 4 is 12.1 Å². The van der Waals surface area contributed by atoms with Gasteiger partial charge >= 0.3 is 12.1 Å². The maximum atomic E-state index is 12.0. The van der Waals surface area contributed by atoms with Crippen LogP contribution in [0.15, 0.2) is 30.3 Å². The summed E-state index contributed by atoms with van der Waals surface area (Å²) in [6.45, 7) is 3.83. The van der Waals surface area contributed by atoms with Crippen LogP contribution in [0.1, 0.15) is 25.3 Å². The van der Waals surface area contributed by atoms with Gasteiger partial charge in [0, 0.05) is 13.2 Å². The van der Waals surface area contributed by atoms with Crippen LogP contribution in [0.5, 0.6) is 0 Å². The summed E-state index contributed by atoms with van der Waals surface area (Å²) in [4.78, 5) is 24.1. The average Bonchev–Trinajstić information content (AvgIpc) is 2.69. The van der Waals surface area contributed by atoms with Crippen LogP contribution in [-0.4, -0.2) is 51.1 Å². The molecule has 0 aliphatic carbocycles. The molecule has 2 atom stereocenters. The number of esters is 1. The lowest BCUT2D eigenvalue weighted by molar-refractivity contribution is -0.147. The molecular weight excluding hydrogens is 338 g/mol. The summed E-state index contributed by atoms with van der Waals surface area (Å²) in [6.07, 6.45) is 0.643. The molecular formula is C19H27NO6. The minimum atomic E-state index is -0.928. The quantitative estimate of drug-likeness (QED) is 0.712. The molecule has 1 aliphatic rings. The molecule has 1 N–H and O–H groups in total. The first-order valence-electron chi connectivity index (χ1n) is 8.84. The second-order valence-corrected chi connectivity index (χ2v) is 6.30. The topological polar surface area (TPSA) is 83.1 Å². The lowest BCUT2D eigenvalue weighted by Gasteiger charge is -2.27. The summed E-state index contributed by atoms with van der Waals surface area (Å²) in [7, 11) is 1.28. The third kappa shape index (κ3) is 6.65. The summed E-state index contributed by atoms with van der Waals surface area (Å²) in [5.41, 5.74) is 0.862. The minimum absolute atomic E-state index is 0.123. The van der Waals surface area contributed by atoms with Crippen molar-refractivity contribution in [2.24, 2.45) is 5.92 Å². The maximum Gasteiger partial charge on any atom is 0.408 e. The zero-order chi connectivity index (χ0) is 18.8. The van der Waals surface area contributed by atoms with E-state index in [4.69, 9.17) is 18.9 Å². The van der Waals surface area contributed by atoms with Crippen molar-refractivity contribution in [1.82, 2.24) is 5.32 Å². The molecule has 0 unspecified atom stereocenters. The Balaban J connectivity index is 1.82. The summed E-state index contributed by atoms with van der Waals surface area (Å²) < 4.78 is 21.1. The fourth-order valence-corrected chi connectivity index (χ4v) is 2.68. The van der Waals surface area contributed by atoms with E-state index in [2.05, 4.69) is 5.32 Å². The van der Waals surface area contributed by atoms with Crippen LogP contribution in [0.4, 0.5) is 4.79 Å². The van der Waals surface area contributed by atoms with E-state index in [0.717, 1.165) is 31.6 Å². The van der Waals surface area contributed by atoms with Gasteiger partial charge in [0.05, 0.1) is 19.8 Å². The predicted molar refractivity (Wildman–Crippen MR) is 94.5 cm³/mol. The predicted octanol–water partition coefficient (Wildman–Crippen LogP) is 2.29. The van der Waals surface area contributed by atoms with Gasteiger partial charge in [-0.25, -0.2) is 9.59 Å². The Hall–Kier alpha value is -2.12. The van der Waals surface area contributed by atoms with Gasteiger partial charge in [-0.3, -0.25) is 0 Å². The van der Waals surface area contributed by atoms with Crippen molar-refractivity contribution in [3.05, 3.63) is 35.9 Å². The molecule has 26 heavy (non-hydrogen) atoms. The summed E-state index contributed by atoms with van der Waals surface area (Å²) in [5, 5.41) is 2.54. The minimum Gasteiger partial charge on any atom is -0.467 e. The fourth-order valence-electron chi connectivity index (χ4n) is 2.68. The van der Waals surface area contributed by atoms with E-state index in [9.17, 15) is 9.59 Å². The highest BCUT2D eigenvalue weighted by Crippen LogP contribution is 2.16. The number of hydrogen-bond donors (Lipinski definition) is 1. The highest BCUT2D eigenvalue weighted by atomic mass is 16.6. The molecule has 0 bridgehead atoms. The van der Waals surface area contributed by atoms with Crippen molar-refractivity contribution in [1.29, 1.82) is 0 Å². The summed E-state index contributed by atoms with van der Waals surface area (Å²) >= 11 is 0. The SMILES string of the molecule is COC(=O)[C@@H](NC(=O)OCc1ccccc1)[C@@H](C)OCC1CCOCC1. The number of carbonyl (C=O) groups excluding carboxylic acids is 2. The van der Waals surface area contributed by atoms with Crippen LogP contribution < -0.4 is 5.32 Å². The van der Waals surface area contributed by atoms with Crippen LogP contribution in [0.2, 0.25) is 0 Å². The lowest BCUT2D eigenvalue weighted by Crippen LogP contribution is -2.49. The Kier molecular flexibility index (Phi) is 8.37. The first-order chi connectivity index (χ1) is 12.6. The van der Waals surface area contributed by atoms with Crippen molar-refractivity contribution in [3.8, 4) is 0 Å². The molecule has 7 nitrogen and oxygen atoms in total. The second-order valence-electron chi connectivity index (χ2n) is 6.30. The summed E-state index contributed by atoms with van der Waals surface area (Å²) in [6, 6.07) is 8.38. The second kappa shape index (κ2) is 10.8. The van der Waals surface area contributed by atoms with Gasteiger partial charge in [-0.05, 0) is 31.2 Å². The van der Waals surface area contributed by atoms with Gasteiger partial charge in [-0.2, -0.15) is 0 Å². The third-order valence-electron chi connectivity index (χ3n) is 4.35. The van der Waals surface area contributed by atoms with Gasteiger partial charge < -0.3 is 24.3 Å². The van der Waals surface area contributed by atoms with Gasteiger partial charge in [0.25, 0.3) is 0 Å². The van der Waals surface area contributed by atoms with Gasteiger partial charge in [0.1, 0.15) is 6.61 Å². The Morgan fingerprint density at radius 2 is 1.92 bits per heavy atom. The molecule has 1 aromatic carbocycles. The highest BCUT2D eigenvalue weighted by molar-refractivity contribution is 5.81. The van der Waals surface area contributed by atoms with Gasteiger partial charge in [-0.1, -0.05) is 30.3 Å². The number of rotatable bonds is 8. The number of ether oxygens (including phenoxy) is 4. The maximum absolute atomic E-state index is 12.0. The standard InChI is InChI=1S/C19H27NO6/c1-14(25-12-16-8-10-24-11-9-16)17(18(21)23-2)20-19(22)26-13-15-6-4-3-5-7-15/h3-7,14,16-17H,8-13H2,1-2H3,(H,20,22)/t14-,17+/m1/s1.